The van der Waals surface area contributed by atoms with Gasteiger partial charge < -0.3 is 13.9 Å². The van der Waals surface area contributed by atoms with Crippen LogP contribution in [0.5, 0.6) is 0 Å². The first-order valence-corrected chi connectivity index (χ1v) is 6.54. The largest absolute Gasteiger partial charge is 0.413 e. The van der Waals surface area contributed by atoms with Gasteiger partial charge in [0.2, 0.25) is 9.76 Å². The van der Waals surface area contributed by atoms with Crippen molar-refractivity contribution in [2.45, 2.75) is 18.9 Å². The Balaban J connectivity index is 2.33. The maximum atomic E-state index is 5.62. The van der Waals surface area contributed by atoms with E-state index in [1.807, 2.05) is 30.3 Å². The van der Waals surface area contributed by atoms with Crippen molar-refractivity contribution in [2.75, 3.05) is 14.2 Å². The van der Waals surface area contributed by atoms with Gasteiger partial charge in [0, 0.05) is 20.3 Å². The molecule has 1 aromatic rings. The zero-order valence-corrected chi connectivity index (χ0v) is 11.3. The van der Waals surface area contributed by atoms with Gasteiger partial charge in [-0.05, 0) is 11.1 Å². The molecule has 0 spiro atoms. The lowest BCUT2D eigenvalue weighted by atomic mass is 10.1. The third-order valence-corrected chi connectivity index (χ3v) is 3.23. The Morgan fingerprint density at radius 1 is 1.29 bits per heavy atom. The van der Waals surface area contributed by atoms with Crippen molar-refractivity contribution >= 4 is 15.8 Å². The van der Waals surface area contributed by atoms with Gasteiger partial charge in [0.15, 0.2) is 6.29 Å². The smallest absolute Gasteiger partial charge is 0.235 e. The van der Waals surface area contributed by atoms with Gasteiger partial charge in [-0.1, -0.05) is 36.9 Å². The molecule has 0 fully saturated rings. The summed E-state index contributed by atoms with van der Waals surface area (Å²) in [6.45, 7) is 4.38. The van der Waals surface area contributed by atoms with Crippen LogP contribution in [0.1, 0.15) is 11.1 Å². The van der Waals surface area contributed by atoms with E-state index in [0.29, 0.717) is 16.4 Å². The zero-order chi connectivity index (χ0) is 12.5. The van der Waals surface area contributed by atoms with Crippen LogP contribution in [0.15, 0.2) is 30.8 Å². The van der Waals surface area contributed by atoms with Crippen LogP contribution in [0.2, 0.25) is 6.04 Å². The summed E-state index contributed by atoms with van der Waals surface area (Å²) >= 11 is 0. The second-order valence-electron chi connectivity index (χ2n) is 3.44. The Bertz CT molecular complexity index is 337. The molecule has 0 saturated heterocycles. The van der Waals surface area contributed by atoms with Crippen molar-refractivity contribution < 1.29 is 13.9 Å². The van der Waals surface area contributed by atoms with Crippen LogP contribution in [-0.4, -0.2) is 30.3 Å². The average Bonchev–Trinajstić information content (AvgIpc) is 2.39. The molecule has 4 heteroatoms. The average molecular weight is 250 g/mol. The van der Waals surface area contributed by atoms with Gasteiger partial charge in [-0.3, -0.25) is 0 Å². The molecule has 0 bridgehead atoms. The Morgan fingerprint density at radius 2 is 2.00 bits per heavy atom. The third kappa shape index (κ3) is 4.83. The molecule has 1 aromatic carbocycles. The number of hydrogen-bond donors (Lipinski definition) is 0. The molecule has 0 saturated carbocycles. The van der Waals surface area contributed by atoms with Gasteiger partial charge in [0.1, 0.15) is 0 Å². The highest BCUT2D eigenvalue weighted by molar-refractivity contribution is 6.27. The first-order valence-electron chi connectivity index (χ1n) is 5.42. The topological polar surface area (TPSA) is 27.7 Å². The monoisotopic (exact) mass is 250 g/mol. The minimum absolute atomic E-state index is 0.178. The van der Waals surface area contributed by atoms with Gasteiger partial charge in [-0.25, -0.2) is 0 Å². The Morgan fingerprint density at radius 3 is 2.65 bits per heavy atom. The SMILES string of the molecule is C=Cc1ccccc1CO[Si]CC(OC)OC. The molecule has 0 unspecified atom stereocenters. The highest BCUT2D eigenvalue weighted by Gasteiger charge is 2.06. The van der Waals surface area contributed by atoms with Crippen molar-refractivity contribution in [1.82, 2.24) is 0 Å². The van der Waals surface area contributed by atoms with Gasteiger partial charge in [0.05, 0.1) is 6.61 Å². The number of methoxy groups -OCH3 is 2. The molecule has 17 heavy (non-hydrogen) atoms. The normalized spacial score (nSPS) is 10.8. The Labute approximate surface area is 105 Å². The molecule has 0 aliphatic heterocycles. The highest BCUT2D eigenvalue weighted by Crippen LogP contribution is 2.11. The fraction of sp³-hybridized carbons (Fsp3) is 0.385. The van der Waals surface area contributed by atoms with Crippen molar-refractivity contribution in [3.8, 4) is 0 Å². The summed E-state index contributed by atoms with van der Waals surface area (Å²) in [7, 11) is 3.63. The first kappa shape index (κ1) is 14.1. The first-order chi connectivity index (χ1) is 8.31. The summed E-state index contributed by atoms with van der Waals surface area (Å²) in [6.07, 6.45) is 1.66. The molecule has 2 radical (unpaired) electrons. The minimum Gasteiger partial charge on any atom is -0.413 e. The van der Waals surface area contributed by atoms with Crippen LogP contribution in [0, 0.1) is 0 Å². The van der Waals surface area contributed by atoms with Gasteiger partial charge in [0.25, 0.3) is 0 Å². The predicted octanol–water partition coefficient (Wildman–Crippen LogP) is 2.50. The van der Waals surface area contributed by atoms with Crippen LogP contribution in [0.25, 0.3) is 6.08 Å². The van der Waals surface area contributed by atoms with Crippen LogP contribution >= 0.6 is 0 Å². The summed E-state index contributed by atoms with van der Waals surface area (Å²) in [5.74, 6) is 0. The van der Waals surface area contributed by atoms with Gasteiger partial charge in [-0.15, -0.1) is 0 Å². The zero-order valence-electron chi connectivity index (χ0n) is 10.3. The van der Waals surface area contributed by atoms with Crippen molar-refractivity contribution in [1.29, 1.82) is 0 Å². The fourth-order valence-electron chi connectivity index (χ4n) is 1.38. The highest BCUT2D eigenvalue weighted by atomic mass is 28.2. The summed E-state index contributed by atoms with van der Waals surface area (Å²) < 4.78 is 15.8. The van der Waals surface area contributed by atoms with Crippen LogP contribution in [0.3, 0.4) is 0 Å². The fourth-order valence-corrected chi connectivity index (χ4v) is 2.23. The lowest BCUT2D eigenvalue weighted by molar-refractivity contribution is -0.0888. The van der Waals surface area contributed by atoms with Crippen molar-refractivity contribution in [3.63, 3.8) is 0 Å². The van der Waals surface area contributed by atoms with E-state index in [9.17, 15) is 0 Å². The number of benzene rings is 1. The van der Waals surface area contributed by atoms with E-state index < -0.39 is 0 Å². The van der Waals surface area contributed by atoms with E-state index in [1.54, 1.807) is 14.2 Å². The van der Waals surface area contributed by atoms with Gasteiger partial charge >= 0.3 is 0 Å². The summed E-state index contributed by atoms with van der Waals surface area (Å²) in [5.41, 5.74) is 2.27. The maximum absolute atomic E-state index is 5.62. The molecule has 0 amide bonds. The molecule has 0 atom stereocenters. The maximum Gasteiger partial charge on any atom is 0.235 e. The van der Waals surface area contributed by atoms with Crippen LogP contribution in [0.4, 0.5) is 0 Å². The molecule has 1 rings (SSSR count). The number of hydrogen-bond acceptors (Lipinski definition) is 3. The van der Waals surface area contributed by atoms with E-state index in [2.05, 4.69) is 6.58 Å². The quantitative estimate of drug-likeness (QED) is 0.403. The Hall–Kier alpha value is -0.943. The van der Waals surface area contributed by atoms with E-state index in [-0.39, 0.29) is 6.29 Å². The summed E-state index contributed by atoms with van der Waals surface area (Å²) in [4.78, 5) is 0. The molecule has 0 N–H and O–H groups in total. The van der Waals surface area contributed by atoms with E-state index >= 15 is 0 Å². The third-order valence-electron chi connectivity index (χ3n) is 2.38. The second kappa shape index (κ2) is 8.19. The van der Waals surface area contributed by atoms with Crippen molar-refractivity contribution in [3.05, 3.63) is 42.0 Å². The van der Waals surface area contributed by atoms with Crippen LogP contribution < -0.4 is 0 Å². The van der Waals surface area contributed by atoms with E-state index in [1.165, 1.54) is 0 Å². The molecular weight excluding hydrogens is 232 g/mol. The summed E-state index contributed by atoms with van der Waals surface area (Å²) in [6, 6.07) is 8.83. The lowest BCUT2D eigenvalue weighted by Gasteiger charge is -2.12. The number of ether oxygens (including phenoxy) is 2. The minimum atomic E-state index is -0.178. The second-order valence-corrected chi connectivity index (χ2v) is 4.43. The molecule has 92 valence electrons. The number of rotatable bonds is 8. The van der Waals surface area contributed by atoms with Gasteiger partial charge in [-0.2, -0.15) is 0 Å². The molecule has 0 aliphatic rings. The lowest BCUT2D eigenvalue weighted by Crippen LogP contribution is -2.16. The standard InChI is InChI=1S/C13H18O3Si/c1-4-11-7-5-6-8-12(11)9-16-17-10-13(14-2)15-3/h4-8,13H,1,9-10H2,2-3H3. The van der Waals surface area contributed by atoms with Crippen LogP contribution in [-0.2, 0) is 20.5 Å². The molecule has 0 aromatic heterocycles. The Kier molecular flexibility index (Phi) is 6.80. The molecule has 0 aliphatic carbocycles. The molecule has 3 nitrogen and oxygen atoms in total. The molecular formula is C13H18O3Si. The summed E-state index contributed by atoms with van der Waals surface area (Å²) in [5, 5.41) is 0. The van der Waals surface area contributed by atoms with Crippen molar-refractivity contribution in [2.24, 2.45) is 0 Å². The molecule has 0 heterocycles. The van der Waals surface area contributed by atoms with E-state index in [0.717, 1.165) is 17.2 Å². The predicted molar refractivity (Wildman–Crippen MR) is 69.7 cm³/mol. The van der Waals surface area contributed by atoms with E-state index in [4.69, 9.17) is 13.9 Å².